The van der Waals surface area contributed by atoms with E-state index in [9.17, 15) is 8.42 Å². The number of alkyl halides is 3. The van der Waals surface area contributed by atoms with Crippen molar-refractivity contribution in [2.45, 2.75) is 10.2 Å². The predicted molar refractivity (Wildman–Crippen MR) is 42.6 cm³/mol. The second-order valence-corrected chi connectivity index (χ2v) is 4.38. The molecule has 11 heavy (non-hydrogen) atoms. The zero-order valence-electron chi connectivity index (χ0n) is 5.08. The molecular weight excluding hydrogens is 238 g/mol. The molecule has 0 bridgehead atoms. The summed E-state index contributed by atoms with van der Waals surface area (Å²) in [5, 5.41) is -0.875. The molecule has 0 aliphatic rings. The standard InChI is InChI=1S/C3H5Cl3O4S/c4-2(3(5)6)1-10-11(7,8)9/h2-3H,1H2,(H,7,8,9). The average molecular weight is 243 g/mol. The lowest BCUT2D eigenvalue weighted by molar-refractivity contribution is 0.270. The van der Waals surface area contributed by atoms with Crippen LogP contribution in [0.2, 0.25) is 0 Å². The van der Waals surface area contributed by atoms with Crippen LogP contribution in [0, 0.1) is 0 Å². The Morgan fingerprint density at radius 1 is 1.36 bits per heavy atom. The molecule has 0 spiro atoms. The largest absolute Gasteiger partial charge is 0.397 e. The van der Waals surface area contributed by atoms with Crippen LogP contribution in [0.5, 0.6) is 0 Å². The van der Waals surface area contributed by atoms with E-state index in [0.29, 0.717) is 0 Å². The van der Waals surface area contributed by atoms with Gasteiger partial charge in [0.15, 0.2) is 0 Å². The first-order valence-electron chi connectivity index (χ1n) is 2.37. The van der Waals surface area contributed by atoms with Gasteiger partial charge >= 0.3 is 10.4 Å². The minimum absolute atomic E-state index is 0.460. The summed E-state index contributed by atoms with van der Waals surface area (Å²) in [5.74, 6) is 0. The van der Waals surface area contributed by atoms with E-state index in [1.54, 1.807) is 0 Å². The summed E-state index contributed by atoms with van der Waals surface area (Å²) >= 11 is 15.8. The van der Waals surface area contributed by atoms with Gasteiger partial charge in [-0.15, -0.1) is 34.8 Å². The number of rotatable bonds is 4. The van der Waals surface area contributed by atoms with Gasteiger partial charge in [-0.25, -0.2) is 4.18 Å². The molecule has 1 unspecified atom stereocenters. The first-order chi connectivity index (χ1) is 4.83. The smallest absolute Gasteiger partial charge is 0.264 e. The summed E-state index contributed by atoms with van der Waals surface area (Å²) < 4.78 is 31.8. The molecule has 1 N–H and O–H groups in total. The third-order valence-corrected chi connectivity index (χ3v) is 2.33. The Morgan fingerprint density at radius 2 is 1.82 bits per heavy atom. The van der Waals surface area contributed by atoms with Gasteiger partial charge in [0, 0.05) is 0 Å². The highest BCUT2D eigenvalue weighted by Gasteiger charge is 2.16. The molecule has 0 aliphatic heterocycles. The summed E-state index contributed by atoms with van der Waals surface area (Å²) in [6.45, 7) is -0.460. The molecule has 8 heteroatoms. The van der Waals surface area contributed by atoms with E-state index in [1.165, 1.54) is 0 Å². The van der Waals surface area contributed by atoms with Crippen LogP contribution in [0.15, 0.2) is 0 Å². The maximum absolute atomic E-state index is 9.95. The first-order valence-corrected chi connectivity index (χ1v) is 5.04. The Kier molecular flexibility index (Phi) is 5.00. The highest BCUT2D eigenvalue weighted by molar-refractivity contribution is 7.80. The molecular formula is C3H5Cl3O4S. The average Bonchev–Trinajstić information content (AvgIpc) is 1.80. The lowest BCUT2D eigenvalue weighted by Crippen LogP contribution is -2.19. The summed E-state index contributed by atoms with van der Waals surface area (Å²) in [7, 11) is -4.45. The van der Waals surface area contributed by atoms with Crippen molar-refractivity contribution in [1.29, 1.82) is 0 Å². The van der Waals surface area contributed by atoms with Gasteiger partial charge in [0.25, 0.3) is 0 Å². The summed E-state index contributed by atoms with van der Waals surface area (Å²) in [4.78, 5) is -0.946. The fourth-order valence-corrected chi connectivity index (χ4v) is 0.825. The van der Waals surface area contributed by atoms with Crippen LogP contribution >= 0.6 is 34.8 Å². The Balaban J connectivity index is 3.72. The van der Waals surface area contributed by atoms with Gasteiger partial charge in [-0.05, 0) is 0 Å². The predicted octanol–water partition coefficient (Wildman–Crippen LogP) is 1.22. The maximum atomic E-state index is 9.95. The van der Waals surface area contributed by atoms with Crippen LogP contribution in [0.3, 0.4) is 0 Å². The monoisotopic (exact) mass is 242 g/mol. The SMILES string of the molecule is O=S(=O)(O)OCC(Cl)C(Cl)Cl. The fourth-order valence-electron chi connectivity index (χ4n) is 0.224. The van der Waals surface area contributed by atoms with Gasteiger partial charge in [0.2, 0.25) is 0 Å². The highest BCUT2D eigenvalue weighted by atomic mass is 35.5. The van der Waals surface area contributed by atoms with E-state index >= 15 is 0 Å². The van der Waals surface area contributed by atoms with E-state index in [0.717, 1.165) is 0 Å². The van der Waals surface area contributed by atoms with Crippen LogP contribution in [-0.2, 0) is 14.6 Å². The maximum Gasteiger partial charge on any atom is 0.397 e. The molecule has 4 nitrogen and oxygen atoms in total. The number of hydrogen-bond donors (Lipinski definition) is 1. The summed E-state index contributed by atoms with van der Waals surface area (Å²) in [6.07, 6.45) is 0. The van der Waals surface area contributed by atoms with Crippen LogP contribution in [0.1, 0.15) is 0 Å². The molecule has 0 fully saturated rings. The topological polar surface area (TPSA) is 63.6 Å². The molecule has 0 rings (SSSR count). The Labute approximate surface area is 79.3 Å². The first kappa shape index (κ1) is 11.7. The van der Waals surface area contributed by atoms with Gasteiger partial charge in [0.05, 0.1) is 12.0 Å². The van der Waals surface area contributed by atoms with E-state index in [2.05, 4.69) is 4.18 Å². The minimum Gasteiger partial charge on any atom is -0.264 e. The molecule has 0 aliphatic carbocycles. The molecule has 0 saturated carbocycles. The summed E-state index contributed by atoms with van der Waals surface area (Å²) in [5.41, 5.74) is 0. The Hall–Kier alpha value is 0.740. The molecule has 0 aromatic rings. The summed E-state index contributed by atoms with van der Waals surface area (Å²) in [6, 6.07) is 0. The van der Waals surface area contributed by atoms with Crippen LogP contribution < -0.4 is 0 Å². The van der Waals surface area contributed by atoms with Crippen molar-refractivity contribution >= 4 is 45.2 Å². The minimum atomic E-state index is -4.45. The second kappa shape index (κ2) is 4.69. The van der Waals surface area contributed by atoms with Gasteiger partial charge < -0.3 is 0 Å². The van der Waals surface area contributed by atoms with Gasteiger partial charge in [0.1, 0.15) is 4.84 Å². The quantitative estimate of drug-likeness (QED) is 0.596. The van der Waals surface area contributed by atoms with E-state index < -0.39 is 27.2 Å². The molecule has 0 aromatic carbocycles. The number of hydrogen-bond acceptors (Lipinski definition) is 3. The third kappa shape index (κ3) is 7.11. The van der Waals surface area contributed by atoms with Crippen molar-refractivity contribution in [3.05, 3.63) is 0 Å². The van der Waals surface area contributed by atoms with Crippen LogP contribution in [0.4, 0.5) is 0 Å². The third-order valence-electron chi connectivity index (χ3n) is 0.650. The van der Waals surface area contributed by atoms with Crippen LogP contribution in [0.25, 0.3) is 0 Å². The molecule has 0 heterocycles. The Morgan fingerprint density at radius 3 is 2.09 bits per heavy atom. The molecule has 1 atom stereocenters. The van der Waals surface area contributed by atoms with Crippen molar-refractivity contribution in [3.63, 3.8) is 0 Å². The van der Waals surface area contributed by atoms with Crippen molar-refractivity contribution in [2.24, 2.45) is 0 Å². The lowest BCUT2D eigenvalue weighted by atomic mass is 10.5. The lowest BCUT2D eigenvalue weighted by Gasteiger charge is -2.07. The molecule has 0 radical (unpaired) electrons. The van der Waals surface area contributed by atoms with Crippen molar-refractivity contribution in [3.8, 4) is 0 Å². The highest BCUT2D eigenvalue weighted by Crippen LogP contribution is 2.14. The van der Waals surface area contributed by atoms with Gasteiger partial charge in [-0.3, -0.25) is 4.55 Å². The molecule has 0 saturated heterocycles. The van der Waals surface area contributed by atoms with Crippen molar-refractivity contribution < 1.29 is 17.2 Å². The van der Waals surface area contributed by atoms with E-state index in [4.69, 9.17) is 39.4 Å². The molecule has 0 aromatic heterocycles. The zero-order valence-corrected chi connectivity index (χ0v) is 8.16. The van der Waals surface area contributed by atoms with Crippen molar-refractivity contribution in [2.75, 3.05) is 6.61 Å². The normalized spacial score (nSPS) is 15.4. The second-order valence-electron chi connectivity index (χ2n) is 1.56. The Bertz CT molecular complexity index is 201. The van der Waals surface area contributed by atoms with Gasteiger partial charge in [-0.2, -0.15) is 8.42 Å². The van der Waals surface area contributed by atoms with E-state index in [-0.39, 0.29) is 0 Å². The van der Waals surface area contributed by atoms with Crippen molar-refractivity contribution in [1.82, 2.24) is 0 Å². The fraction of sp³-hybridized carbons (Fsp3) is 1.00. The van der Waals surface area contributed by atoms with E-state index in [1.807, 2.05) is 0 Å². The molecule has 68 valence electrons. The number of halogens is 3. The molecule has 0 amide bonds. The zero-order chi connectivity index (χ0) is 9.07. The van der Waals surface area contributed by atoms with Gasteiger partial charge in [-0.1, -0.05) is 0 Å². The van der Waals surface area contributed by atoms with Crippen LogP contribution in [-0.4, -0.2) is 29.8 Å².